The van der Waals surface area contributed by atoms with E-state index in [2.05, 4.69) is 0 Å². The van der Waals surface area contributed by atoms with Crippen LogP contribution in [0.5, 0.6) is 5.75 Å². The number of rotatable bonds is 6. The second-order valence-corrected chi connectivity index (χ2v) is 6.66. The zero-order valence-electron chi connectivity index (χ0n) is 15.1. The van der Waals surface area contributed by atoms with Crippen LogP contribution in [0, 0.1) is 10.1 Å². The largest absolute Gasteiger partial charge is 0.497 e. The van der Waals surface area contributed by atoms with E-state index < -0.39 is 10.8 Å². The Kier molecular flexibility index (Phi) is 5.79. The van der Waals surface area contributed by atoms with Crippen molar-refractivity contribution in [1.82, 2.24) is 4.90 Å². The Labute approximate surface area is 166 Å². The van der Waals surface area contributed by atoms with E-state index in [0.717, 1.165) is 12.5 Å². The van der Waals surface area contributed by atoms with Gasteiger partial charge >= 0.3 is 0 Å². The van der Waals surface area contributed by atoms with Crippen LogP contribution in [0.2, 0.25) is 5.02 Å². The van der Waals surface area contributed by atoms with Crippen molar-refractivity contribution in [3.8, 4) is 5.75 Å². The number of carbonyl (C=O) groups is 2. The minimum atomic E-state index is -0.638. The minimum absolute atomic E-state index is 0.0339. The average Bonchev–Trinajstić information content (AvgIpc) is 3.10. The van der Waals surface area contributed by atoms with Crippen molar-refractivity contribution in [2.45, 2.75) is 12.8 Å². The number of hydrogen-bond donors (Lipinski definition) is 0. The van der Waals surface area contributed by atoms with E-state index >= 15 is 0 Å². The van der Waals surface area contributed by atoms with Crippen LogP contribution in [-0.2, 0) is 4.79 Å². The zero-order valence-corrected chi connectivity index (χ0v) is 15.9. The van der Waals surface area contributed by atoms with Gasteiger partial charge in [0.05, 0.1) is 12.0 Å². The number of nitro groups is 1. The van der Waals surface area contributed by atoms with Crippen molar-refractivity contribution < 1.29 is 19.2 Å². The van der Waals surface area contributed by atoms with Gasteiger partial charge in [-0.05, 0) is 42.8 Å². The summed E-state index contributed by atoms with van der Waals surface area (Å²) in [4.78, 5) is 38.7. The summed E-state index contributed by atoms with van der Waals surface area (Å²) in [6.07, 6.45) is 1.17. The molecule has 1 heterocycles. The molecular formula is C19H18ClN3O5. The van der Waals surface area contributed by atoms with Crippen molar-refractivity contribution >= 4 is 34.8 Å². The Bertz CT molecular complexity index is 916. The van der Waals surface area contributed by atoms with Crippen LogP contribution in [0.25, 0.3) is 0 Å². The highest BCUT2D eigenvalue weighted by atomic mass is 35.5. The van der Waals surface area contributed by atoms with Crippen LogP contribution in [-0.4, -0.2) is 42.0 Å². The molecule has 1 aliphatic rings. The summed E-state index contributed by atoms with van der Waals surface area (Å²) in [6, 6.07) is 10.7. The van der Waals surface area contributed by atoms with Crippen LogP contribution in [0.15, 0.2) is 42.5 Å². The molecule has 3 rings (SSSR count). The minimum Gasteiger partial charge on any atom is -0.497 e. The molecule has 1 saturated heterocycles. The molecule has 2 aromatic rings. The lowest BCUT2D eigenvalue weighted by Gasteiger charge is -2.28. The lowest BCUT2D eigenvalue weighted by atomic mass is 10.1. The lowest BCUT2D eigenvalue weighted by molar-refractivity contribution is -0.384. The molecule has 0 unspecified atom stereocenters. The van der Waals surface area contributed by atoms with Crippen LogP contribution in [0.1, 0.15) is 23.2 Å². The SMILES string of the molecule is COc1ccc(N(CN2CCCC2=O)C(=O)c2ccc(Cl)c([N+](=O)[O-])c2)cc1. The third kappa shape index (κ3) is 4.07. The smallest absolute Gasteiger partial charge is 0.288 e. The normalized spacial score (nSPS) is 13.5. The molecule has 0 aromatic heterocycles. The first-order valence-electron chi connectivity index (χ1n) is 8.58. The summed E-state index contributed by atoms with van der Waals surface area (Å²) in [5.74, 6) is 0.119. The van der Waals surface area contributed by atoms with E-state index in [-0.39, 0.29) is 28.8 Å². The maximum absolute atomic E-state index is 13.2. The van der Waals surface area contributed by atoms with Crippen molar-refractivity contribution in [1.29, 1.82) is 0 Å². The summed E-state index contributed by atoms with van der Waals surface area (Å²) in [5.41, 5.74) is 0.307. The first kappa shape index (κ1) is 19.6. The van der Waals surface area contributed by atoms with Crippen LogP contribution >= 0.6 is 11.6 Å². The first-order valence-corrected chi connectivity index (χ1v) is 8.96. The molecule has 28 heavy (non-hydrogen) atoms. The number of methoxy groups -OCH3 is 1. The topological polar surface area (TPSA) is 93.0 Å². The van der Waals surface area contributed by atoms with Gasteiger partial charge in [0.1, 0.15) is 17.4 Å². The van der Waals surface area contributed by atoms with Gasteiger partial charge in [-0.2, -0.15) is 0 Å². The number of halogens is 1. The van der Waals surface area contributed by atoms with Crippen LogP contribution < -0.4 is 9.64 Å². The maximum atomic E-state index is 13.2. The number of nitro benzene ring substituents is 1. The summed E-state index contributed by atoms with van der Waals surface area (Å²) in [5, 5.41) is 11.1. The molecule has 0 aliphatic carbocycles. The number of carbonyl (C=O) groups excluding carboxylic acids is 2. The van der Waals surface area contributed by atoms with Crippen LogP contribution in [0.4, 0.5) is 11.4 Å². The summed E-state index contributed by atoms with van der Waals surface area (Å²) >= 11 is 5.85. The summed E-state index contributed by atoms with van der Waals surface area (Å²) in [6.45, 7) is 0.611. The van der Waals surface area contributed by atoms with Gasteiger partial charge in [-0.25, -0.2) is 0 Å². The Morgan fingerprint density at radius 1 is 1.29 bits per heavy atom. The molecule has 2 amide bonds. The van der Waals surface area contributed by atoms with Gasteiger partial charge in [-0.15, -0.1) is 0 Å². The van der Waals surface area contributed by atoms with E-state index in [9.17, 15) is 19.7 Å². The number of anilines is 1. The number of benzene rings is 2. The number of ether oxygens (including phenoxy) is 1. The molecule has 1 aliphatic heterocycles. The van der Waals surface area contributed by atoms with Crippen molar-refractivity contribution in [2.24, 2.45) is 0 Å². The van der Waals surface area contributed by atoms with Gasteiger partial charge in [0.2, 0.25) is 5.91 Å². The molecular weight excluding hydrogens is 386 g/mol. The second kappa shape index (κ2) is 8.26. The van der Waals surface area contributed by atoms with Gasteiger partial charge in [-0.1, -0.05) is 11.6 Å². The lowest BCUT2D eigenvalue weighted by Crippen LogP contribution is -2.42. The predicted molar refractivity (Wildman–Crippen MR) is 104 cm³/mol. The quantitative estimate of drug-likeness (QED) is 0.543. The highest BCUT2D eigenvalue weighted by Crippen LogP contribution is 2.28. The van der Waals surface area contributed by atoms with Crippen molar-refractivity contribution in [3.63, 3.8) is 0 Å². The fourth-order valence-corrected chi connectivity index (χ4v) is 3.18. The van der Waals surface area contributed by atoms with Crippen LogP contribution in [0.3, 0.4) is 0 Å². The van der Waals surface area contributed by atoms with E-state index in [1.54, 1.807) is 29.2 Å². The van der Waals surface area contributed by atoms with E-state index in [1.165, 1.54) is 24.1 Å². The Morgan fingerprint density at radius 3 is 2.57 bits per heavy atom. The molecule has 0 saturated carbocycles. The number of amides is 2. The van der Waals surface area contributed by atoms with Gasteiger partial charge < -0.3 is 9.64 Å². The zero-order chi connectivity index (χ0) is 20.3. The number of nitrogens with zero attached hydrogens (tertiary/aromatic N) is 3. The van der Waals surface area contributed by atoms with E-state index in [4.69, 9.17) is 16.3 Å². The molecule has 1 fully saturated rings. The standard InChI is InChI=1S/C19H18ClN3O5/c1-28-15-7-5-14(6-8-15)22(12-21-10-2-3-18(21)24)19(25)13-4-9-16(20)17(11-13)23(26)27/h4-9,11H,2-3,10,12H2,1H3. The number of hydrogen-bond acceptors (Lipinski definition) is 5. The van der Waals surface area contributed by atoms with Gasteiger partial charge in [0.15, 0.2) is 0 Å². The summed E-state index contributed by atoms with van der Waals surface area (Å²) in [7, 11) is 1.54. The van der Waals surface area contributed by atoms with Crippen molar-refractivity contribution in [2.75, 3.05) is 25.2 Å². The fraction of sp³-hybridized carbons (Fsp3) is 0.263. The molecule has 9 heteroatoms. The average molecular weight is 404 g/mol. The van der Waals surface area contributed by atoms with Gasteiger partial charge in [0, 0.05) is 30.3 Å². The Hall–Kier alpha value is -3.13. The molecule has 8 nitrogen and oxygen atoms in total. The Morgan fingerprint density at radius 2 is 2.00 bits per heavy atom. The molecule has 0 atom stereocenters. The summed E-state index contributed by atoms with van der Waals surface area (Å²) < 4.78 is 5.14. The van der Waals surface area contributed by atoms with E-state index in [1.807, 2.05) is 0 Å². The fourth-order valence-electron chi connectivity index (χ4n) is 2.99. The molecule has 0 spiro atoms. The second-order valence-electron chi connectivity index (χ2n) is 6.26. The number of likely N-dealkylation sites (tertiary alicyclic amines) is 1. The molecule has 0 bridgehead atoms. The molecule has 0 N–H and O–H groups in total. The van der Waals surface area contributed by atoms with Gasteiger partial charge in [-0.3, -0.25) is 24.6 Å². The van der Waals surface area contributed by atoms with Crippen molar-refractivity contribution in [3.05, 3.63) is 63.2 Å². The monoisotopic (exact) mass is 403 g/mol. The third-order valence-corrected chi connectivity index (χ3v) is 4.82. The maximum Gasteiger partial charge on any atom is 0.288 e. The molecule has 2 aromatic carbocycles. The highest BCUT2D eigenvalue weighted by molar-refractivity contribution is 6.32. The third-order valence-electron chi connectivity index (χ3n) is 4.50. The molecule has 0 radical (unpaired) electrons. The first-order chi connectivity index (χ1) is 13.4. The Balaban J connectivity index is 1.97. The predicted octanol–water partition coefficient (Wildman–Crippen LogP) is 3.48. The molecule has 146 valence electrons. The highest BCUT2D eigenvalue weighted by Gasteiger charge is 2.27. The van der Waals surface area contributed by atoms with Gasteiger partial charge in [0.25, 0.3) is 11.6 Å². The van der Waals surface area contributed by atoms with E-state index in [0.29, 0.717) is 24.4 Å².